The van der Waals surface area contributed by atoms with Gasteiger partial charge in [0.2, 0.25) is 0 Å². The Morgan fingerprint density at radius 2 is 1.53 bits per heavy atom. The summed E-state index contributed by atoms with van der Waals surface area (Å²) < 4.78 is 21.2. The van der Waals surface area contributed by atoms with E-state index in [1.54, 1.807) is 0 Å². The van der Waals surface area contributed by atoms with Crippen LogP contribution in [0.2, 0.25) is 0 Å². The molecular formula is C14H17FO2. The average molecular weight is 236 g/mol. The minimum Gasteiger partial charge on any atom is -0.386 e. The molecule has 4 atom stereocenters. The summed E-state index contributed by atoms with van der Waals surface area (Å²) in [5.41, 5.74) is -3.53. The Bertz CT molecular complexity index is 398. The van der Waals surface area contributed by atoms with Crippen LogP contribution in [-0.2, 0) is 4.74 Å². The maximum absolute atomic E-state index is 15.1. The fourth-order valence-corrected chi connectivity index (χ4v) is 4.42. The molecule has 2 nitrogen and oxygen atoms in total. The highest BCUT2D eigenvalue weighted by Gasteiger charge is 2.78. The molecule has 17 heavy (non-hydrogen) atoms. The monoisotopic (exact) mass is 236 g/mol. The number of hydrogen-bond donors (Lipinski definition) is 1. The van der Waals surface area contributed by atoms with Gasteiger partial charge in [0, 0.05) is 19.3 Å². The molecule has 2 bridgehead atoms. The lowest BCUT2D eigenvalue weighted by atomic mass is 9.58. The molecule has 92 valence electrons. The molecule has 0 aromatic rings. The highest BCUT2D eigenvalue weighted by molar-refractivity contribution is 5.33. The normalized spacial score (nSPS) is 59.2. The lowest BCUT2D eigenvalue weighted by Gasteiger charge is -2.47. The summed E-state index contributed by atoms with van der Waals surface area (Å²) in [4.78, 5) is 0. The predicted molar refractivity (Wildman–Crippen MR) is 61.3 cm³/mol. The van der Waals surface area contributed by atoms with Crippen molar-refractivity contribution in [3.8, 4) is 0 Å². The Kier molecular flexibility index (Phi) is 1.61. The third kappa shape index (κ3) is 0.958. The van der Waals surface area contributed by atoms with Crippen LogP contribution in [0.5, 0.6) is 0 Å². The van der Waals surface area contributed by atoms with E-state index in [0.29, 0.717) is 38.5 Å². The molecule has 2 aliphatic heterocycles. The maximum Gasteiger partial charge on any atom is 0.146 e. The Hall–Kier alpha value is -0.670. The fourth-order valence-electron chi connectivity index (χ4n) is 4.42. The second kappa shape index (κ2) is 2.67. The van der Waals surface area contributed by atoms with Crippen LogP contribution < -0.4 is 0 Å². The third-order valence-electron chi connectivity index (χ3n) is 5.32. The second-order valence-corrected chi connectivity index (χ2v) is 6.20. The Morgan fingerprint density at radius 3 is 2.35 bits per heavy atom. The van der Waals surface area contributed by atoms with Crippen molar-refractivity contribution in [3.05, 3.63) is 24.3 Å². The first-order valence-corrected chi connectivity index (χ1v) is 6.45. The van der Waals surface area contributed by atoms with Crippen molar-refractivity contribution in [2.24, 2.45) is 0 Å². The van der Waals surface area contributed by atoms with Crippen LogP contribution in [0.4, 0.5) is 4.39 Å². The molecule has 0 saturated carbocycles. The number of alkyl halides is 1. The van der Waals surface area contributed by atoms with E-state index in [2.05, 4.69) is 0 Å². The molecule has 0 aromatic carbocycles. The molecule has 2 heterocycles. The molecule has 1 N–H and O–H groups in total. The van der Waals surface area contributed by atoms with Gasteiger partial charge in [-0.05, 0) is 19.3 Å². The second-order valence-electron chi connectivity index (χ2n) is 6.20. The molecule has 4 rings (SSSR count). The van der Waals surface area contributed by atoms with E-state index in [9.17, 15) is 5.11 Å². The third-order valence-corrected chi connectivity index (χ3v) is 5.32. The summed E-state index contributed by atoms with van der Waals surface area (Å²) in [6.07, 6.45) is 11.1. The minimum atomic E-state index is -1.26. The maximum atomic E-state index is 15.1. The topological polar surface area (TPSA) is 29.5 Å². The Labute approximate surface area is 100 Å². The van der Waals surface area contributed by atoms with Crippen molar-refractivity contribution in [2.75, 3.05) is 0 Å². The minimum absolute atomic E-state index is 0.352. The average Bonchev–Trinajstić information content (AvgIpc) is 2.68. The van der Waals surface area contributed by atoms with Gasteiger partial charge in [0.25, 0.3) is 0 Å². The predicted octanol–water partition coefficient (Wildman–Crippen LogP) is 2.43. The van der Waals surface area contributed by atoms with Gasteiger partial charge >= 0.3 is 0 Å². The molecule has 2 saturated heterocycles. The van der Waals surface area contributed by atoms with Crippen LogP contribution in [0, 0.1) is 0 Å². The zero-order valence-electron chi connectivity index (χ0n) is 9.79. The van der Waals surface area contributed by atoms with Gasteiger partial charge in [-0.25, -0.2) is 4.39 Å². The van der Waals surface area contributed by atoms with Crippen LogP contribution >= 0.6 is 0 Å². The van der Waals surface area contributed by atoms with E-state index in [-0.39, 0.29) is 0 Å². The molecular weight excluding hydrogens is 219 g/mol. The van der Waals surface area contributed by atoms with Crippen LogP contribution in [0.15, 0.2) is 24.3 Å². The molecule has 0 radical (unpaired) electrons. The SMILES string of the molecule is O[C@]12CC=CC[C@]13C[C@@]1(F)CC=CC[C@@]1(C2)O3. The van der Waals surface area contributed by atoms with E-state index in [0.717, 1.165) is 0 Å². The molecule has 3 heteroatoms. The van der Waals surface area contributed by atoms with Crippen molar-refractivity contribution < 1.29 is 14.2 Å². The van der Waals surface area contributed by atoms with Crippen molar-refractivity contribution in [2.45, 2.75) is 61.0 Å². The quantitative estimate of drug-likeness (QED) is 0.654. The van der Waals surface area contributed by atoms with Gasteiger partial charge in [-0.2, -0.15) is 0 Å². The van der Waals surface area contributed by atoms with Crippen LogP contribution in [-0.4, -0.2) is 27.6 Å². The van der Waals surface area contributed by atoms with Gasteiger partial charge in [-0.1, -0.05) is 24.3 Å². The standard InChI is InChI=1S/C14H17FO2/c15-11-5-1-3-7-13(11)10-12(16)6-2-4-8-14(12,9-11)17-13/h1-4,16H,5-10H2/t11-,12-,13-,14-/m0/s1. The molecule has 2 aliphatic carbocycles. The molecule has 2 spiro atoms. The van der Waals surface area contributed by atoms with Crippen molar-refractivity contribution in [3.63, 3.8) is 0 Å². The smallest absolute Gasteiger partial charge is 0.146 e. The molecule has 0 amide bonds. The van der Waals surface area contributed by atoms with Crippen molar-refractivity contribution >= 4 is 0 Å². The van der Waals surface area contributed by atoms with Crippen LogP contribution in [0.1, 0.15) is 38.5 Å². The Morgan fingerprint density at radius 1 is 0.882 bits per heavy atom. The summed E-state index contributed by atoms with van der Waals surface area (Å²) in [5.74, 6) is 0. The lowest BCUT2D eigenvalue weighted by Crippen LogP contribution is -2.59. The number of aliphatic hydroxyl groups is 1. The molecule has 0 unspecified atom stereocenters. The van der Waals surface area contributed by atoms with E-state index in [1.807, 2.05) is 24.3 Å². The molecule has 4 aliphatic rings. The van der Waals surface area contributed by atoms with Crippen molar-refractivity contribution in [1.29, 1.82) is 0 Å². The van der Waals surface area contributed by atoms with E-state index >= 15 is 4.39 Å². The van der Waals surface area contributed by atoms with E-state index in [4.69, 9.17) is 4.74 Å². The number of ether oxygens (including phenoxy) is 1. The number of rotatable bonds is 0. The van der Waals surface area contributed by atoms with Gasteiger partial charge in [0.1, 0.15) is 22.5 Å². The summed E-state index contributed by atoms with van der Waals surface area (Å²) in [7, 11) is 0. The first kappa shape index (κ1) is 10.3. The largest absolute Gasteiger partial charge is 0.386 e. The van der Waals surface area contributed by atoms with Crippen LogP contribution in [0.3, 0.4) is 0 Å². The summed E-state index contributed by atoms with van der Waals surface area (Å²) >= 11 is 0. The first-order chi connectivity index (χ1) is 8.04. The molecule has 2 fully saturated rings. The number of hydrogen-bond acceptors (Lipinski definition) is 2. The van der Waals surface area contributed by atoms with Gasteiger partial charge in [0.05, 0.1) is 0 Å². The Balaban J connectivity index is 1.85. The molecule has 0 aromatic heterocycles. The lowest BCUT2D eigenvalue weighted by molar-refractivity contribution is -0.121. The van der Waals surface area contributed by atoms with Gasteiger partial charge in [-0.15, -0.1) is 0 Å². The summed E-state index contributed by atoms with van der Waals surface area (Å²) in [6.45, 7) is 0. The van der Waals surface area contributed by atoms with E-state index < -0.39 is 22.5 Å². The summed E-state index contributed by atoms with van der Waals surface area (Å²) in [5, 5.41) is 10.8. The number of allylic oxidation sites excluding steroid dienone is 1. The zero-order chi connectivity index (χ0) is 11.8. The highest BCUT2D eigenvalue weighted by Crippen LogP contribution is 2.68. The number of halogens is 1. The van der Waals surface area contributed by atoms with Gasteiger partial charge in [0.15, 0.2) is 0 Å². The highest BCUT2D eigenvalue weighted by atomic mass is 19.1. The zero-order valence-corrected chi connectivity index (χ0v) is 9.79. The van der Waals surface area contributed by atoms with Gasteiger partial charge < -0.3 is 9.84 Å². The van der Waals surface area contributed by atoms with Crippen molar-refractivity contribution in [1.82, 2.24) is 0 Å². The van der Waals surface area contributed by atoms with Crippen LogP contribution in [0.25, 0.3) is 0 Å². The van der Waals surface area contributed by atoms with Gasteiger partial charge in [-0.3, -0.25) is 0 Å². The first-order valence-electron chi connectivity index (χ1n) is 6.45. The fraction of sp³-hybridized carbons (Fsp3) is 0.714. The summed E-state index contributed by atoms with van der Waals surface area (Å²) in [6, 6.07) is 0. The van der Waals surface area contributed by atoms with E-state index in [1.165, 1.54) is 0 Å².